The van der Waals surface area contributed by atoms with Crippen molar-refractivity contribution in [1.82, 2.24) is 5.32 Å². The van der Waals surface area contributed by atoms with Crippen LogP contribution in [0.1, 0.15) is 18.9 Å². The van der Waals surface area contributed by atoms with E-state index in [2.05, 4.69) is 28.3 Å². The summed E-state index contributed by atoms with van der Waals surface area (Å²) in [4.78, 5) is 11.1. The zero-order valence-electron chi connectivity index (χ0n) is 8.76. The smallest absolute Gasteiger partial charge is 0.221 e. The van der Waals surface area contributed by atoms with E-state index in [1.165, 1.54) is 5.56 Å². The monoisotopic (exact) mass is 212 g/mol. The summed E-state index contributed by atoms with van der Waals surface area (Å²) in [6.07, 6.45) is 0.506. The molecule has 0 aliphatic carbocycles. The summed E-state index contributed by atoms with van der Waals surface area (Å²) in [5.41, 5.74) is 2.37. The van der Waals surface area contributed by atoms with Crippen LogP contribution in [0.5, 0.6) is 0 Å². The third-order valence-corrected chi connectivity index (χ3v) is 2.89. The number of hydrogen-bond donors (Lipinski definition) is 2. The maximum Gasteiger partial charge on any atom is 0.221 e. The van der Waals surface area contributed by atoms with Crippen molar-refractivity contribution < 1.29 is 4.79 Å². The molecule has 0 aliphatic rings. The first-order chi connectivity index (χ1) is 6.63. The Bertz CT molecular complexity index is 309. The van der Waals surface area contributed by atoms with Crippen LogP contribution in [0, 0.1) is 6.92 Å². The Labute approximate surface area is 88.5 Å². The normalized spacial score (nSPS) is 12.2. The number of rotatable bonds is 4. The first kappa shape index (κ1) is 11.0. The van der Waals surface area contributed by atoms with Crippen molar-refractivity contribution >= 4 is 22.9 Å². The van der Waals surface area contributed by atoms with Crippen LogP contribution in [0.4, 0.5) is 5.69 Å². The highest BCUT2D eigenvalue weighted by Crippen LogP contribution is 2.20. The molecule has 0 saturated heterocycles. The number of amides is 1. The molecular weight excluding hydrogens is 196 g/mol. The van der Waals surface area contributed by atoms with Gasteiger partial charge in [0, 0.05) is 30.6 Å². The Morgan fingerprint density at radius 2 is 2.29 bits per heavy atom. The first-order valence-corrected chi connectivity index (χ1v) is 5.57. The summed E-state index contributed by atoms with van der Waals surface area (Å²) in [6, 6.07) is 0.170. The molecule has 1 rings (SSSR count). The van der Waals surface area contributed by atoms with Crippen LogP contribution >= 0.6 is 11.3 Å². The van der Waals surface area contributed by atoms with Crippen LogP contribution < -0.4 is 10.6 Å². The summed E-state index contributed by atoms with van der Waals surface area (Å²) in [5.74, 6) is 0.0675. The standard InChI is InChI=1S/C10H16N2OS/c1-7-5-14-6-9(7)12-8(2)4-10(13)11-3/h5-6,8,12H,4H2,1-3H3,(H,11,13). The maximum absolute atomic E-state index is 11.1. The molecule has 0 aromatic carbocycles. The Morgan fingerprint density at radius 1 is 1.57 bits per heavy atom. The molecule has 0 fully saturated rings. The number of carbonyl (C=O) groups excluding carboxylic acids is 1. The van der Waals surface area contributed by atoms with Crippen LogP contribution in [-0.4, -0.2) is 19.0 Å². The van der Waals surface area contributed by atoms with E-state index in [0.29, 0.717) is 6.42 Å². The third-order valence-electron chi connectivity index (χ3n) is 2.03. The van der Waals surface area contributed by atoms with E-state index in [1.54, 1.807) is 18.4 Å². The molecule has 0 saturated carbocycles. The molecular formula is C10H16N2OS. The number of hydrogen-bond acceptors (Lipinski definition) is 3. The number of aryl methyl sites for hydroxylation is 1. The minimum absolute atomic E-state index is 0.0675. The van der Waals surface area contributed by atoms with Gasteiger partial charge in [-0.05, 0) is 24.8 Å². The van der Waals surface area contributed by atoms with Crippen molar-refractivity contribution in [3.05, 3.63) is 16.3 Å². The summed E-state index contributed by atoms with van der Waals surface area (Å²) in [7, 11) is 1.66. The van der Waals surface area contributed by atoms with Gasteiger partial charge in [-0.1, -0.05) is 0 Å². The molecule has 1 atom stereocenters. The van der Waals surface area contributed by atoms with E-state index < -0.39 is 0 Å². The lowest BCUT2D eigenvalue weighted by Crippen LogP contribution is -2.26. The van der Waals surface area contributed by atoms with Crippen LogP contribution in [-0.2, 0) is 4.79 Å². The molecule has 78 valence electrons. The number of anilines is 1. The molecule has 1 amide bonds. The fourth-order valence-electron chi connectivity index (χ4n) is 1.21. The second kappa shape index (κ2) is 5.00. The molecule has 1 heterocycles. The molecule has 1 aromatic rings. The largest absolute Gasteiger partial charge is 0.381 e. The molecule has 1 aromatic heterocycles. The van der Waals surface area contributed by atoms with Crippen LogP contribution in [0.2, 0.25) is 0 Å². The van der Waals surface area contributed by atoms with Gasteiger partial charge >= 0.3 is 0 Å². The lowest BCUT2D eigenvalue weighted by molar-refractivity contribution is -0.120. The molecule has 0 aliphatic heterocycles. The van der Waals surface area contributed by atoms with Gasteiger partial charge in [0.15, 0.2) is 0 Å². The second-order valence-electron chi connectivity index (χ2n) is 3.39. The van der Waals surface area contributed by atoms with Gasteiger partial charge in [-0.15, -0.1) is 11.3 Å². The fourth-order valence-corrected chi connectivity index (χ4v) is 1.99. The summed E-state index contributed by atoms with van der Waals surface area (Å²) >= 11 is 1.67. The molecule has 4 heteroatoms. The number of nitrogens with one attached hydrogen (secondary N) is 2. The van der Waals surface area contributed by atoms with Gasteiger partial charge in [-0.3, -0.25) is 4.79 Å². The zero-order valence-corrected chi connectivity index (χ0v) is 9.57. The van der Waals surface area contributed by atoms with Crippen LogP contribution in [0.15, 0.2) is 10.8 Å². The molecule has 0 radical (unpaired) electrons. The van der Waals surface area contributed by atoms with E-state index in [4.69, 9.17) is 0 Å². The summed E-state index contributed by atoms with van der Waals surface area (Å²) < 4.78 is 0. The van der Waals surface area contributed by atoms with Crippen molar-refractivity contribution in [2.24, 2.45) is 0 Å². The predicted octanol–water partition coefficient (Wildman–Crippen LogP) is 1.99. The van der Waals surface area contributed by atoms with Crippen molar-refractivity contribution in [2.45, 2.75) is 26.3 Å². The summed E-state index contributed by atoms with van der Waals surface area (Å²) in [5, 5.41) is 10.1. The van der Waals surface area contributed by atoms with E-state index in [0.717, 1.165) is 5.69 Å². The molecule has 3 nitrogen and oxygen atoms in total. The first-order valence-electron chi connectivity index (χ1n) is 4.63. The van der Waals surface area contributed by atoms with Crippen LogP contribution in [0.3, 0.4) is 0 Å². The van der Waals surface area contributed by atoms with Gasteiger partial charge in [0.05, 0.1) is 0 Å². The quantitative estimate of drug-likeness (QED) is 0.801. The van der Waals surface area contributed by atoms with E-state index in [-0.39, 0.29) is 11.9 Å². The highest BCUT2D eigenvalue weighted by molar-refractivity contribution is 7.08. The molecule has 0 bridgehead atoms. The van der Waals surface area contributed by atoms with E-state index >= 15 is 0 Å². The lowest BCUT2D eigenvalue weighted by atomic mass is 10.2. The number of thiophene rings is 1. The van der Waals surface area contributed by atoms with Gasteiger partial charge in [0.25, 0.3) is 0 Å². The average Bonchev–Trinajstić information content (AvgIpc) is 2.51. The zero-order chi connectivity index (χ0) is 10.6. The van der Waals surface area contributed by atoms with Gasteiger partial charge < -0.3 is 10.6 Å². The molecule has 14 heavy (non-hydrogen) atoms. The van der Waals surface area contributed by atoms with Gasteiger partial charge in [0.2, 0.25) is 5.91 Å². The second-order valence-corrected chi connectivity index (χ2v) is 4.13. The van der Waals surface area contributed by atoms with Crippen molar-refractivity contribution in [3.8, 4) is 0 Å². The van der Waals surface area contributed by atoms with E-state index in [1.807, 2.05) is 6.92 Å². The van der Waals surface area contributed by atoms with Crippen LogP contribution in [0.25, 0.3) is 0 Å². The number of carbonyl (C=O) groups is 1. The van der Waals surface area contributed by atoms with Crippen molar-refractivity contribution in [2.75, 3.05) is 12.4 Å². The maximum atomic E-state index is 11.1. The predicted molar refractivity (Wildman–Crippen MR) is 60.8 cm³/mol. The van der Waals surface area contributed by atoms with Gasteiger partial charge in [0.1, 0.15) is 0 Å². The van der Waals surface area contributed by atoms with Gasteiger partial charge in [-0.2, -0.15) is 0 Å². The SMILES string of the molecule is CNC(=O)CC(C)Nc1cscc1C. The Balaban J connectivity index is 2.45. The van der Waals surface area contributed by atoms with E-state index in [9.17, 15) is 4.79 Å². The minimum Gasteiger partial charge on any atom is -0.381 e. The summed E-state index contributed by atoms with van der Waals surface area (Å²) in [6.45, 7) is 4.07. The highest BCUT2D eigenvalue weighted by atomic mass is 32.1. The van der Waals surface area contributed by atoms with Gasteiger partial charge in [-0.25, -0.2) is 0 Å². The lowest BCUT2D eigenvalue weighted by Gasteiger charge is -2.13. The average molecular weight is 212 g/mol. The molecule has 2 N–H and O–H groups in total. The van der Waals surface area contributed by atoms with Crippen molar-refractivity contribution in [3.63, 3.8) is 0 Å². The fraction of sp³-hybridized carbons (Fsp3) is 0.500. The Hall–Kier alpha value is -1.03. The third kappa shape index (κ3) is 3.03. The van der Waals surface area contributed by atoms with Crippen molar-refractivity contribution in [1.29, 1.82) is 0 Å². The Morgan fingerprint density at radius 3 is 2.79 bits per heavy atom. The Kier molecular flexibility index (Phi) is 3.95. The minimum atomic E-state index is 0.0675. The molecule has 0 spiro atoms. The topological polar surface area (TPSA) is 41.1 Å². The highest BCUT2D eigenvalue weighted by Gasteiger charge is 2.08. The molecule has 1 unspecified atom stereocenters.